The molecule has 5 nitrogen and oxygen atoms in total. The van der Waals surface area contributed by atoms with Gasteiger partial charge in [-0.3, -0.25) is 0 Å². The molecule has 1 aliphatic carbocycles. The second-order valence-corrected chi connectivity index (χ2v) is 5.43. The van der Waals surface area contributed by atoms with E-state index in [0.29, 0.717) is 11.5 Å². The molecule has 0 aromatic heterocycles. The first-order valence-corrected chi connectivity index (χ1v) is 7.16. The number of nitrogens with two attached hydrogens (primary N) is 1. The SMILES string of the molecule is NC(=NO)c1cccc(CNCC2CCCCC2O)c1. The van der Waals surface area contributed by atoms with Crippen LogP contribution in [-0.4, -0.2) is 28.8 Å². The van der Waals surface area contributed by atoms with Crippen LogP contribution in [0.5, 0.6) is 0 Å². The molecule has 0 aliphatic heterocycles. The van der Waals surface area contributed by atoms with E-state index < -0.39 is 0 Å². The maximum absolute atomic E-state index is 9.91. The summed E-state index contributed by atoms with van der Waals surface area (Å²) >= 11 is 0. The molecule has 1 saturated carbocycles. The van der Waals surface area contributed by atoms with Crippen molar-refractivity contribution in [2.24, 2.45) is 16.8 Å². The Kier molecular flexibility index (Phi) is 5.38. The number of benzene rings is 1. The van der Waals surface area contributed by atoms with Gasteiger partial charge in [-0.1, -0.05) is 36.2 Å². The average Bonchev–Trinajstić information content (AvgIpc) is 2.49. The molecule has 0 saturated heterocycles. The number of oxime groups is 1. The Hall–Kier alpha value is -1.59. The van der Waals surface area contributed by atoms with Gasteiger partial charge < -0.3 is 21.4 Å². The molecule has 0 spiro atoms. The number of nitrogens with zero attached hydrogens (tertiary/aromatic N) is 1. The summed E-state index contributed by atoms with van der Waals surface area (Å²) in [6.07, 6.45) is 4.20. The standard InChI is InChI=1S/C15H23N3O2/c16-15(18-20)12-6-3-4-11(8-12)9-17-10-13-5-1-2-7-14(13)19/h3-4,6,8,13-14,17,19-20H,1-2,5,7,9-10H2,(H2,16,18). The highest BCUT2D eigenvalue weighted by molar-refractivity contribution is 5.97. The van der Waals surface area contributed by atoms with Gasteiger partial charge >= 0.3 is 0 Å². The van der Waals surface area contributed by atoms with E-state index in [2.05, 4.69) is 10.5 Å². The second kappa shape index (κ2) is 7.26. The van der Waals surface area contributed by atoms with E-state index >= 15 is 0 Å². The van der Waals surface area contributed by atoms with Gasteiger partial charge in [0.1, 0.15) is 0 Å². The summed E-state index contributed by atoms with van der Waals surface area (Å²) in [5, 5.41) is 25.0. The van der Waals surface area contributed by atoms with Gasteiger partial charge in [-0.2, -0.15) is 0 Å². The van der Waals surface area contributed by atoms with Gasteiger partial charge in [0.05, 0.1) is 6.10 Å². The van der Waals surface area contributed by atoms with E-state index in [9.17, 15) is 5.11 Å². The Morgan fingerprint density at radius 3 is 2.90 bits per heavy atom. The summed E-state index contributed by atoms with van der Waals surface area (Å²) < 4.78 is 0. The Bertz CT molecular complexity index is 462. The molecule has 0 amide bonds. The van der Waals surface area contributed by atoms with Crippen LogP contribution in [0.3, 0.4) is 0 Å². The van der Waals surface area contributed by atoms with E-state index in [1.54, 1.807) is 0 Å². The molecule has 1 aromatic rings. The molecule has 0 heterocycles. The number of aliphatic hydroxyl groups is 1. The maximum Gasteiger partial charge on any atom is 0.170 e. The van der Waals surface area contributed by atoms with Crippen molar-refractivity contribution in [3.63, 3.8) is 0 Å². The van der Waals surface area contributed by atoms with E-state index in [1.165, 1.54) is 6.42 Å². The Labute approximate surface area is 119 Å². The summed E-state index contributed by atoms with van der Waals surface area (Å²) in [7, 11) is 0. The van der Waals surface area contributed by atoms with Crippen LogP contribution in [0, 0.1) is 5.92 Å². The minimum absolute atomic E-state index is 0.120. The van der Waals surface area contributed by atoms with Gasteiger partial charge in [0.15, 0.2) is 5.84 Å². The van der Waals surface area contributed by atoms with Crippen molar-refractivity contribution < 1.29 is 10.3 Å². The first-order valence-electron chi connectivity index (χ1n) is 7.16. The minimum Gasteiger partial charge on any atom is -0.409 e. The third-order valence-corrected chi connectivity index (χ3v) is 3.94. The lowest BCUT2D eigenvalue weighted by atomic mass is 9.86. The van der Waals surface area contributed by atoms with Gasteiger partial charge in [0.25, 0.3) is 0 Å². The van der Waals surface area contributed by atoms with Crippen molar-refractivity contribution in [1.82, 2.24) is 5.32 Å². The van der Waals surface area contributed by atoms with Crippen LogP contribution in [0.4, 0.5) is 0 Å². The molecule has 0 bridgehead atoms. The molecule has 2 unspecified atom stereocenters. The average molecular weight is 277 g/mol. The van der Waals surface area contributed by atoms with Crippen molar-refractivity contribution in [3.05, 3.63) is 35.4 Å². The van der Waals surface area contributed by atoms with Crippen LogP contribution in [0.1, 0.15) is 36.8 Å². The summed E-state index contributed by atoms with van der Waals surface area (Å²) in [6, 6.07) is 7.60. The number of hydrogen-bond acceptors (Lipinski definition) is 4. The van der Waals surface area contributed by atoms with Gasteiger partial charge in [-0.05, 0) is 30.4 Å². The monoisotopic (exact) mass is 277 g/mol. The van der Waals surface area contributed by atoms with Crippen LogP contribution in [0.15, 0.2) is 29.4 Å². The summed E-state index contributed by atoms with van der Waals surface area (Å²) in [4.78, 5) is 0. The first kappa shape index (κ1) is 14.8. The number of aliphatic hydroxyl groups excluding tert-OH is 1. The first-order chi connectivity index (χ1) is 9.70. The molecule has 1 aromatic carbocycles. The normalized spacial score (nSPS) is 23.8. The fraction of sp³-hybridized carbons (Fsp3) is 0.533. The van der Waals surface area contributed by atoms with Crippen molar-refractivity contribution >= 4 is 5.84 Å². The highest BCUT2D eigenvalue weighted by Crippen LogP contribution is 2.23. The van der Waals surface area contributed by atoms with Gasteiger partial charge in [0, 0.05) is 18.7 Å². The van der Waals surface area contributed by atoms with Gasteiger partial charge in [-0.25, -0.2) is 0 Å². The van der Waals surface area contributed by atoms with E-state index in [1.807, 2.05) is 24.3 Å². The number of amidine groups is 1. The largest absolute Gasteiger partial charge is 0.409 e. The fourth-order valence-corrected chi connectivity index (χ4v) is 2.73. The van der Waals surface area contributed by atoms with Crippen molar-refractivity contribution in [2.75, 3.05) is 6.54 Å². The maximum atomic E-state index is 9.91. The van der Waals surface area contributed by atoms with Crippen LogP contribution in [0.25, 0.3) is 0 Å². The van der Waals surface area contributed by atoms with E-state index in [0.717, 1.165) is 37.9 Å². The zero-order valence-electron chi connectivity index (χ0n) is 11.6. The molecule has 0 radical (unpaired) electrons. The van der Waals surface area contributed by atoms with E-state index in [-0.39, 0.29) is 11.9 Å². The third kappa shape index (κ3) is 3.95. The Morgan fingerprint density at radius 1 is 1.35 bits per heavy atom. The van der Waals surface area contributed by atoms with Crippen LogP contribution < -0.4 is 11.1 Å². The predicted octanol–water partition coefficient (Wildman–Crippen LogP) is 1.42. The van der Waals surface area contributed by atoms with Crippen LogP contribution >= 0.6 is 0 Å². The summed E-state index contributed by atoms with van der Waals surface area (Å²) in [5.74, 6) is 0.477. The third-order valence-electron chi connectivity index (χ3n) is 3.94. The molecule has 5 N–H and O–H groups in total. The minimum atomic E-state index is -0.167. The van der Waals surface area contributed by atoms with Crippen LogP contribution in [-0.2, 0) is 6.54 Å². The number of hydrogen-bond donors (Lipinski definition) is 4. The van der Waals surface area contributed by atoms with Crippen molar-refractivity contribution in [3.8, 4) is 0 Å². The highest BCUT2D eigenvalue weighted by Gasteiger charge is 2.22. The van der Waals surface area contributed by atoms with Gasteiger partial charge in [-0.15, -0.1) is 0 Å². The Morgan fingerprint density at radius 2 is 2.15 bits per heavy atom. The molecule has 5 heteroatoms. The van der Waals surface area contributed by atoms with E-state index in [4.69, 9.17) is 10.9 Å². The van der Waals surface area contributed by atoms with Crippen molar-refractivity contribution in [1.29, 1.82) is 0 Å². The van der Waals surface area contributed by atoms with Gasteiger partial charge in [0.2, 0.25) is 0 Å². The molecule has 2 atom stereocenters. The lowest BCUT2D eigenvalue weighted by molar-refractivity contribution is 0.0695. The topological polar surface area (TPSA) is 90.9 Å². The molecule has 1 fully saturated rings. The summed E-state index contributed by atoms with van der Waals surface area (Å²) in [6.45, 7) is 1.55. The summed E-state index contributed by atoms with van der Waals surface area (Å²) in [5.41, 5.74) is 7.37. The molecule has 2 rings (SSSR count). The smallest absolute Gasteiger partial charge is 0.170 e. The molecular weight excluding hydrogens is 254 g/mol. The predicted molar refractivity (Wildman–Crippen MR) is 78.6 cm³/mol. The second-order valence-electron chi connectivity index (χ2n) is 5.43. The van der Waals surface area contributed by atoms with Crippen molar-refractivity contribution in [2.45, 2.75) is 38.3 Å². The molecule has 20 heavy (non-hydrogen) atoms. The molecule has 1 aliphatic rings. The lowest BCUT2D eigenvalue weighted by Gasteiger charge is -2.27. The number of rotatable bonds is 5. The highest BCUT2D eigenvalue weighted by atomic mass is 16.4. The zero-order valence-corrected chi connectivity index (χ0v) is 11.6. The Balaban J connectivity index is 1.84. The fourth-order valence-electron chi connectivity index (χ4n) is 2.73. The van der Waals surface area contributed by atoms with Crippen LogP contribution in [0.2, 0.25) is 0 Å². The zero-order chi connectivity index (χ0) is 14.4. The molecule has 110 valence electrons. The molecular formula is C15H23N3O2. The quantitative estimate of drug-likeness (QED) is 0.283. The lowest BCUT2D eigenvalue weighted by Crippen LogP contribution is -2.33. The number of nitrogens with one attached hydrogen (secondary N) is 1.